The molecule has 3 heterocycles. The SMILES string of the molecule is CCOc1ccc(NC(=O)N2Cc3c(C)nn(-c4ccccc4)c3-n3cccc3[C@@H]2c2cccc(OCC)c2)cc1. The van der Waals surface area contributed by atoms with Gasteiger partial charge in [0.2, 0.25) is 0 Å². The van der Waals surface area contributed by atoms with Crippen molar-refractivity contribution in [3.8, 4) is 23.0 Å². The van der Waals surface area contributed by atoms with Crippen molar-refractivity contribution >= 4 is 11.7 Å². The van der Waals surface area contributed by atoms with E-state index >= 15 is 0 Å². The summed E-state index contributed by atoms with van der Waals surface area (Å²) in [5.41, 5.74) is 5.41. The fraction of sp³-hybridized carbons (Fsp3) is 0.212. The predicted octanol–water partition coefficient (Wildman–Crippen LogP) is 6.91. The monoisotopic (exact) mass is 547 g/mol. The van der Waals surface area contributed by atoms with Crippen molar-refractivity contribution in [1.82, 2.24) is 19.2 Å². The molecule has 1 N–H and O–H groups in total. The minimum absolute atomic E-state index is 0.214. The van der Waals surface area contributed by atoms with Crippen LogP contribution in [0.15, 0.2) is 97.2 Å². The van der Waals surface area contributed by atoms with Crippen molar-refractivity contribution in [2.75, 3.05) is 18.5 Å². The number of benzene rings is 3. The Morgan fingerprint density at radius 3 is 2.41 bits per heavy atom. The normalized spacial score (nSPS) is 14.1. The third-order valence-corrected chi connectivity index (χ3v) is 7.25. The highest BCUT2D eigenvalue weighted by molar-refractivity contribution is 5.90. The Kier molecular flexibility index (Phi) is 7.20. The number of aryl methyl sites for hydroxylation is 1. The lowest BCUT2D eigenvalue weighted by atomic mass is 10.0. The Bertz CT molecular complexity index is 1660. The molecule has 0 saturated carbocycles. The number of urea groups is 1. The van der Waals surface area contributed by atoms with Gasteiger partial charge in [0.15, 0.2) is 0 Å². The Balaban J connectivity index is 1.48. The van der Waals surface area contributed by atoms with Gasteiger partial charge in [-0.3, -0.25) is 0 Å². The maximum atomic E-state index is 14.2. The molecule has 0 aliphatic carbocycles. The number of para-hydroxylation sites is 1. The molecule has 0 radical (unpaired) electrons. The summed E-state index contributed by atoms with van der Waals surface area (Å²) < 4.78 is 15.6. The summed E-state index contributed by atoms with van der Waals surface area (Å²) in [5, 5.41) is 8.05. The number of anilines is 1. The van der Waals surface area contributed by atoms with E-state index < -0.39 is 0 Å². The fourth-order valence-corrected chi connectivity index (χ4v) is 5.44. The van der Waals surface area contributed by atoms with Crippen molar-refractivity contribution in [3.05, 3.63) is 120 Å². The van der Waals surface area contributed by atoms with Crippen molar-refractivity contribution in [1.29, 1.82) is 0 Å². The molecule has 1 aliphatic heterocycles. The van der Waals surface area contributed by atoms with E-state index in [4.69, 9.17) is 14.6 Å². The van der Waals surface area contributed by atoms with Crippen LogP contribution in [0.4, 0.5) is 10.5 Å². The second kappa shape index (κ2) is 11.3. The molecule has 1 aliphatic rings. The lowest BCUT2D eigenvalue weighted by Crippen LogP contribution is -2.38. The number of carbonyl (C=O) groups is 1. The van der Waals surface area contributed by atoms with Gasteiger partial charge in [-0.1, -0.05) is 30.3 Å². The van der Waals surface area contributed by atoms with Crippen molar-refractivity contribution in [2.45, 2.75) is 33.4 Å². The summed E-state index contributed by atoms with van der Waals surface area (Å²) in [6, 6.07) is 29.0. The summed E-state index contributed by atoms with van der Waals surface area (Å²) >= 11 is 0. The number of carbonyl (C=O) groups excluding carboxylic acids is 1. The maximum absolute atomic E-state index is 14.2. The highest BCUT2D eigenvalue weighted by Gasteiger charge is 2.36. The maximum Gasteiger partial charge on any atom is 0.322 e. The molecule has 3 aromatic carbocycles. The van der Waals surface area contributed by atoms with Gasteiger partial charge in [-0.15, -0.1) is 0 Å². The van der Waals surface area contributed by atoms with Crippen LogP contribution in [0.25, 0.3) is 11.5 Å². The van der Waals surface area contributed by atoms with Crippen LogP contribution in [0.1, 0.15) is 42.4 Å². The van der Waals surface area contributed by atoms with E-state index in [1.165, 1.54) is 0 Å². The van der Waals surface area contributed by atoms with Crippen LogP contribution in [0.3, 0.4) is 0 Å². The summed E-state index contributed by atoms with van der Waals surface area (Å²) in [5.74, 6) is 2.46. The molecule has 2 aromatic heterocycles. The molecule has 0 saturated heterocycles. The highest BCUT2D eigenvalue weighted by atomic mass is 16.5. The van der Waals surface area contributed by atoms with Gasteiger partial charge in [0.1, 0.15) is 17.3 Å². The van der Waals surface area contributed by atoms with Crippen molar-refractivity contribution in [3.63, 3.8) is 0 Å². The van der Waals surface area contributed by atoms with E-state index in [0.29, 0.717) is 25.4 Å². The number of hydrogen-bond donors (Lipinski definition) is 1. The Labute approximate surface area is 239 Å². The Morgan fingerprint density at radius 1 is 0.902 bits per heavy atom. The first-order valence-corrected chi connectivity index (χ1v) is 13.9. The van der Waals surface area contributed by atoms with Gasteiger partial charge in [-0.2, -0.15) is 5.10 Å². The fourth-order valence-electron chi connectivity index (χ4n) is 5.44. The van der Waals surface area contributed by atoms with Crippen LogP contribution in [-0.4, -0.2) is 38.5 Å². The van der Waals surface area contributed by atoms with Crippen LogP contribution in [0.5, 0.6) is 11.5 Å². The lowest BCUT2D eigenvalue weighted by molar-refractivity contribution is 0.194. The van der Waals surface area contributed by atoms with Gasteiger partial charge in [0, 0.05) is 17.4 Å². The quantitative estimate of drug-likeness (QED) is 0.240. The predicted molar refractivity (Wildman–Crippen MR) is 159 cm³/mol. The van der Waals surface area contributed by atoms with Crippen LogP contribution in [0, 0.1) is 6.92 Å². The van der Waals surface area contributed by atoms with E-state index in [-0.39, 0.29) is 12.1 Å². The molecule has 8 heteroatoms. The first-order chi connectivity index (χ1) is 20.1. The number of amides is 2. The van der Waals surface area contributed by atoms with Gasteiger partial charge in [-0.25, -0.2) is 9.48 Å². The standard InChI is InChI=1S/C33H33N5O3/c1-4-40-27-18-16-25(17-19-27)34-33(39)37-22-29-23(3)35-38(26-12-7-6-8-13-26)32(29)36-20-10-15-30(36)31(37)24-11-9-14-28(21-24)41-5-2/h6-21,31H,4-5,22H2,1-3H3,(H,34,39)/t31-/m0/s1. The third kappa shape index (κ3) is 5.04. The van der Waals surface area contributed by atoms with Crippen LogP contribution < -0.4 is 14.8 Å². The molecular formula is C33H33N5O3. The zero-order valence-corrected chi connectivity index (χ0v) is 23.4. The lowest BCUT2D eigenvalue weighted by Gasteiger charge is -2.31. The van der Waals surface area contributed by atoms with Gasteiger partial charge >= 0.3 is 6.03 Å². The molecule has 5 aromatic rings. The number of nitrogens with one attached hydrogen (secondary N) is 1. The number of aromatic nitrogens is 3. The van der Waals surface area contributed by atoms with Gasteiger partial charge < -0.3 is 24.3 Å². The molecule has 1 atom stereocenters. The zero-order valence-electron chi connectivity index (χ0n) is 23.4. The average Bonchev–Trinajstić information content (AvgIpc) is 3.55. The number of rotatable bonds is 7. The van der Waals surface area contributed by atoms with E-state index in [1.807, 2.05) is 121 Å². The van der Waals surface area contributed by atoms with Gasteiger partial charge in [-0.05, 0) is 87.0 Å². The van der Waals surface area contributed by atoms with E-state index in [2.05, 4.69) is 16.0 Å². The molecular weight excluding hydrogens is 514 g/mol. The van der Waals surface area contributed by atoms with Crippen LogP contribution in [-0.2, 0) is 6.54 Å². The zero-order chi connectivity index (χ0) is 28.3. The van der Waals surface area contributed by atoms with Crippen LogP contribution in [0.2, 0.25) is 0 Å². The largest absolute Gasteiger partial charge is 0.494 e. The van der Waals surface area contributed by atoms with Crippen molar-refractivity contribution in [2.24, 2.45) is 0 Å². The second-order valence-corrected chi connectivity index (χ2v) is 9.86. The number of hydrogen-bond acceptors (Lipinski definition) is 4. The first kappa shape index (κ1) is 26.3. The Morgan fingerprint density at radius 2 is 1.66 bits per heavy atom. The van der Waals surface area contributed by atoms with E-state index in [0.717, 1.165) is 45.5 Å². The number of nitrogens with zero attached hydrogens (tertiary/aromatic N) is 4. The van der Waals surface area contributed by atoms with Crippen molar-refractivity contribution < 1.29 is 14.3 Å². The average molecular weight is 548 g/mol. The minimum atomic E-state index is -0.385. The molecule has 208 valence electrons. The molecule has 0 fully saturated rings. The van der Waals surface area contributed by atoms with E-state index in [9.17, 15) is 4.79 Å². The molecule has 0 spiro atoms. The number of fused-ring (bicyclic) bond motifs is 3. The molecule has 8 nitrogen and oxygen atoms in total. The smallest absolute Gasteiger partial charge is 0.322 e. The topological polar surface area (TPSA) is 73.5 Å². The Hall–Kier alpha value is -4.98. The van der Waals surface area contributed by atoms with E-state index in [1.54, 1.807) is 0 Å². The van der Waals surface area contributed by atoms with Crippen LogP contribution >= 0.6 is 0 Å². The summed E-state index contributed by atoms with van der Waals surface area (Å²) in [6.45, 7) is 7.42. The number of ether oxygens (including phenoxy) is 2. The second-order valence-electron chi connectivity index (χ2n) is 9.86. The molecule has 0 unspecified atom stereocenters. The van der Waals surface area contributed by atoms with Gasteiger partial charge in [0.05, 0.1) is 42.9 Å². The molecule has 0 bridgehead atoms. The summed E-state index contributed by atoms with van der Waals surface area (Å²) in [6.07, 6.45) is 2.04. The summed E-state index contributed by atoms with van der Waals surface area (Å²) in [4.78, 5) is 16.0. The molecule has 2 amide bonds. The summed E-state index contributed by atoms with van der Waals surface area (Å²) in [7, 11) is 0. The van der Waals surface area contributed by atoms with Gasteiger partial charge in [0.25, 0.3) is 0 Å². The molecule has 41 heavy (non-hydrogen) atoms. The third-order valence-electron chi connectivity index (χ3n) is 7.25. The minimum Gasteiger partial charge on any atom is -0.494 e. The highest BCUT2D eigenvalue weighted by Crippen LogP contribution is 2.39. The first-order valence-electron chi connectivity index (χ1n) is 13.9. The molecule has 6 rings (SSSR count).